The Bertz CT molecular complexity index is 423. The second kappa shape index (κ2) is 3.73. The number of hydrogen-bond acceptors (Lipinski definition) is 4. The van der Waals surface area contributed by atoms with Crippen molar-refractivity contribution >= 4 is 11.9 Å². The molecule has 1 aromatic rings. The van der Waals surface area contributed by atoms with E-state index in [-0.39, 0.29) is 11.9 Å². The summed E-state index contributed by atoms with van der Waals surface area (Å²) >= 11 is 0. The molecule has 1 heterocycles. The van der Waals surface area contributed by atoms with E-state index < -0.39 is 0 Å². The van der Waals surface area contributed by atoms with Gasteiger partial charge in [-0.25, -0.2) is 0 Å². The smallest absolute Gasteiger partial charge is 0.311 e. The van der Waals surface area contributed by atoms with E-state index >= 15 is 0 Å². The molecule has 1 aromatic carbocycles. The predicted molar refractivity (Wildman–Crippen MR) is 51.7 cm³/mol. The van der Waals surface area contributed by atoms with Crippen LogP contribution in [0.4, 0.5) is 0 Å². The summed E-state index contributed by atoms with van der Waals surface area (Å²) in [5, 5.41) is 0. The first-order valence-corrected chi connectivity index (χ1v) is 4.67. The van der Waals surface area contributed by atoms with Crippen LogP contribution in [-0.2, 0) is 16.0 Å². The van der Waals surface area contributed by atoms with Gasteiger partial charge in [0.05, 0.1) is 6.42 Å². The zero-order valence-corrected chi connectivity index (χ0v) is 8.28. The van der Waals surface area contributed by atoms with Crippen LogP contribution >= 0.6 is 0 Å². The van der Waals surface area contributed by atoms with Crippen LogP contribution in [0, 0.1) is 0 Å². The lowest BCUT2D eigenvalue weighted by Crippen LogP contribution is -2.15. The molecule has 0 fully saturated rings. The average Bonchev–Trinajstić information content (AvgIpc) is 2.17. The fourth-order valence-electron chi connectivity index (χ4n) is 1.49. The molecule has 0 N–H and O–H groups in total. The van der Waals surface area contributed by atoms with Gasteiger partial charge in [0.25, 0.3) is 0 Å². The monoisotopic (exact) mass is 206 g/mol. The standard InChI is InChI=1S/C11H10O4/c1-7(12)14-9-3-4-10-8(6-9)2-5-11(13)15-10/h3-4,6H,2,5H2,1H3. The molecule has 0 aromatic heterocycles. The molecule has 0 radical (unpaired) electrons. The van der Waals surface area contributed by atoms with E-state index in [0.717, 1.165) is 5.56 Å². The quantitative estimate of drug-likeness (QED) is 0.515. The van der Waals surface area contributed by atoms with Gasteiger partial charge in [-0.2, -0.15) is 0 Å². The zero-order valence-electron chi connectivity index (χ0n) is 8.28. The number of aryl methyl sites for hydroxylation is 1. The van der Waals surface area contributed by atoms with Gasteiger partial charge >= 0.3 is 11.9 Å². The second-order valence-corrected chi connectivity index (χ2v) is 3.34. The molecular formula is C11H10O4. The molecule has 0 bridgehead atoms. The van der Waals surface area contributed by atoms with Crippen LogP contribution in [0.2, 0.25) is 0 Å². The van der Waals surface area contributed by atoms with Crippen molar-refractivity contribution in [3.05, 3.63) is 23.8 Å². The van der Waals surface area contributed by atoms with Crippen molar-refractivity contribution in [2.45, 2.75) is 19.8 Å². The Kier molecular flexibility index (Phi) is 2.41. The molecule has 15 heavy (non-hydrogen) atoms. The van der Waals surface area contributed by atoms with Gasteiger partial charge in [-0.1, -0.05) is 0 Å². The third kappa shape index (κ3) is 2.15. The maximum absolute atomic E-state index is 11.0. The van der Waals surface area contributed by atoms with E-state index in [2.05, 4.69) is 0 Å². The molecule has 0 unspecified atom stereocenters. The van der Waals surface area contributed by atoms with Crippen molar-refractivity contribution in [3.8, 4) is 11.5 Å². The van der Waals surface area contributed by atoms with E-state index in [9.17, 15) is 9.59 Å². The Hall–Kier alpha value is -1.84. The molecule has 0 amide bonds. The van der Waals surface area contributed by atoms with Gasteiger partial charge in [0.15, 0.2) is 0 Å². The minimum atomic E-state index is -0.359. The third-order valence-corrected chi connectivity index (χ3v) is 2.12. The maximum atomic E-state index is 11.0. The summed E-state index contributed by atoms with van der Waals surface area (Å²) in [5.74, 6) is 0.465. The molecule has 0 spiro atoms. The normalized spacial score (nSPS) is 14.1. The first kappa shape index (κ1) is 9.71. The summed E-state index contributed by atoms with van der Waals surface area (Å²) in [4.78, 5) is 21.7. The number of fused-ring (bicyclic) bond motifs is 1. The van der Waals surface area contributed by atoms with Crippen molar-refractivity contribution in [1.82, 2.24) is 0 Å². The van der Waals surface area contributed by atoms with Crippen LogP contribution in [0.5, 0.6) is 11.5 Å². The molecule has 0 saturated carbocycles. The number of carbonyl (C=O) groups is 2. The summed E-state index contributed by atoms with van der Waals surface area (Å²) in [7, 11) is 0. The van der Waals surface area contributed by atoms with Gasteiger partial charge < -0.3 is 9.47 Å². The van der Waals surface area contributed by atoms with Crippen LogP contribution in [0.15, 0.2) is 18.2 Å². The van der Waals surface area contributed by atoms with Crippen molar-refractivity contribution < 1.29 is 19.1 Å². The SMILES string of the molecule is CC(=O)Oc1ccc2c(c1)CCC(=O)O2. The average molecular weight is 206 g/mol. The van der Waals surface area contributed by atoms with Crippen LogP contribution in [0.25, 0.3) is 0 Å². The molecule has 1 aliphatic rings. The molecule has 4 nitrogen and oxygen atoms in total. The number of ether oxygens (including phenoxy) is 2. The highest BCUT2D eigenvalue weighted by molar-refractivity contribution is 5.76. The molecule has 0 saturated heterocycles. The third-order valence-electron chi connectivity index (χ3n) is 2.12. The van der Waals surface area contributed by atoms with E-state index in [1.165, 1.54) is 6.92 Å². The fourth-order valence-corrected chi connectivity index (χ4v) is 1.49. The number of esters is 2. The van der Waals surface area contributed by atoms with Crippen molar-refractivity contribution in [3.63, 3.8) is 0 Å². The molecule has 1 aliphatic heterocycles. The van der Waals surface area contributed by atoms with Crippen molar-refractivity contribution in [1.29, 1.82) is 0 Å². The summed E-state index contributed by atoms with van der Waals surface area (Å²) < 4.78 is 9.94. The maximum Gasteiger partial charge on any atom is 0.311 e. The second-order valence-electron chi connectivity index (χ2n) is 3.34. The fraction of sp³-hybridized carbons (Fsp3) is 0.273. The first-order valence-electron chi connectivity index (χ1n) is 4.67. The Morgan fingerprint density at radius 1 is 1.40 bits per heavy atom. The van der Waals surface area contributed by atoms with E-state index in [0.29, 0.717) is 24.3 Å². The summed E-state index contributed by atoms with van der Waals surface area (Å²) in [5.41, 5.74) is 0.897. The summed E-state index contributed by atoms with van der Waals surface area (Å²) in [6, 6.07) is 4.98. The van der Waals surface area contributed by atoms with E-state index in [1.807, 2.05) is 0 Å². The highest BCUT2D eigenvalue weighted by atomic mass is 16.5. The lowest BCUT2D eigenvalue weighted by atomic mass is 10.1. The number of rotatable bonds is 1. The minimum absolute atomic E-state index is 0.220. The van der Waals surface area contributed by atoms with Gasteiger partial charge in [-0.05, 0) is 30.2 Å². The Morgan fingerprint density at radius 2 is 2.20 bits per heavy atom. The van der Waals surface area contributed by atoms with Crippen LogP contribution in [-0.4, -0.2) is 11.9 Å². The first-order chi connectivity index (χ1) is 7.15. The highest BCUT2D eigenvalue weighted by Gasteiger charge is 2.17. The number of hydrogen-bond donors (Lipinski definition) is 0. The lowest BCUT2D eigenvalue weighted by Gasteiger charge is -2.15. The minimum Gasteiger partial charge on any atom is -0.427 e. The Labute approximate surface area is 86.8 Å². The van der Waals surface area contributed by atoms with Gasteiger partial charge in [0, 0.05) is 6.92 Å². The number of benzene rings is 1. The molecular weight excluding hydrogens is 196 g/mol. The molecule has 2 rings (SSSR count). The van der Waals surface area contributed by atoms with Crippen LogP contribution < -0.4 is 9.47 Å². The molecule has 0 aliphatic carbocycles. The largest absolute Gasteiger partial charge is 0.427 e. The zero-order chi connectivity index (χ0) is 10.8. The molecule has 78 valence electrons. The van der Waals surface area contributed by atoms with Gasteiger partial charge in [0.1, 0.15) is 11.5 Å². The van der Waals surface area contributed by atoms with Gasteiger partial charge in [-0.3, -0.25) is 9.59 Å². The van der Waals surface area contributed by atoms with E-state index in [1.54, 1.807) is 18.2 Å². The van der Waals surface area contributed by atoms with Gasteiger partial charge in [0.2, 0.25) is 0 Å². The Balaban J connectivity index is 2.26. The lowest BCUT2D eigenvalue weighted by molar-refractivity contribution is -0.135. The van der Waals surface area contributed by atoms with Crippen LogP contribution in [0.3, 0.4) is 0 Å². The molecule has 0 atom stereocenters. The van der Waals surface area contributed by atoms with Gasteiger partial charge in [-0.15, -0.1) is 0 Å². The predicted octanol–water partition coefficient (Wildman–Crippen LogP) is 1.46. The summed E-state index contributed by atoms with van der Waals surface area (Å²) in [6.45, 7) is 1.35. The van der Waals surface area contributed by atoms with Crippen molar-refractivity contribution in [2.75, 3.05) is 0 Å². The Morgan fingerprint density at radius 3 is 2.93 bits per heavy atom. The highest BCUT2D eigenvalue weighted by Crippen LogP contribution is 2.28. The van der Waals surface area contributed by atoms with Crippen LogP contribution in [0.1, 0.15) is 18.9 Å². The van der Waals surface area contributed by atoms with E-state index in [4.69, 9.17) is 9.47 Å². The molecule has 4 heteroatoms. The number of carbonyl (C=O) groups excluding carboxylic acids is 2. The van der Waals surface area contributed by atoms with Crippen molar-refractivity contribution in [2.24, 2.45) is 0 Å². The topological polar surface area (TPSA) is 52.6 Å². The summed E-state index contributed by atoms with van der Waals surface area (Å²) in [6.07, 6.45) is 1.000.